The molecular formula is C26H29F3N2O. The lowest BCUT2D eigenvalue weighted by Crippen LogP contribution is -2.51. The highest BCUT2D eigenvalue weighted by Crippen LogP contribution is 2.60. The summed E-state index contributed by atoms with van der Waals surface area (Å²) in [5.41, 5.74) is 11.1. The molecule has 6 heteroatoms. The number of hydrogen-bond donors (Lipinski definition) is 1. The van der Waals surface area contributed by atoms with Gasteiger partial charge in [0.25, 0.3) is 0 Å². The molecule has 0 spiro atoms. The maximum atomic E-state index is 13.8. The van der Waals surface area contributed by atoms with E-state index in [4.69, 9.17) is 5.73 Å². The lowest BCUT2D eigenvalue weighted by atomic mass is 9.57. The minimum Gasteiger partial charge on any atom is -0.369 e. The van der Waals surface area contributed by atoms with Crippen LogP contribution in [0, 0.1) is 18.2 Å². The first kappa shape index (κ1) is 21.4. The third kappa shape index (κ3) is 3.67. The van der Waals surface area contributed by atoms with Crippen molar-refractivity contribution in [3.8, 4) is 0 Å². The average molecular weight is 443 g/mol. The van der Waals surface area contributed by atoms with E-state index in [-0.39, 0.29) is 18.7 Å². The SMILES string of the molecule is Cc1cc(N2CCc3cc(F)ccc3C2)cc(C2CC2)c1C(C(N)=O)C1(C)CC(F)(F)C1. The number of anilines is 1. The number of nitrogens with two attached hydrogens (primary N) is 1. The maximum absolute atomic E-state index is 13.8. The lowest BCUT2D eigenvalue weighted by molar-refractivity contribution is -0.168. The number of aryl methyl sites for hydroxylation is 1. The van der Waals surface area contributed by atoms with Crippen molar-refractivity contribution in [1.82, 2.24) is 0 Å². The molecule has 3 nitrogen and oxygen atoms in total. The third-order valence-corrected chi connectivity index (χ3v) is 7.56. The second kappa shape index (κ2) is 7.26. The van der Waals surface area contributed by atoms with Crippen LogP contribution in [0.3, 0.4) is 0 Å². The van der Waals surface area contributed by atoms with Crippen LogP contribution >= 0.6 is 0 Å². The molecule has 0 saturated heterocycles. The number of carbonyl (C=O) groups is 1. The first-order valence-corrected chi connectivity index (χ1v) is 11.4. The number of benzene rings is 2. The summed E-state index contributed by atoms with van der Waals surface area (Å²) in [6, 6.07) is 9.17. The topological polar surface area (TPSA) is 46.3 Å². The van der Waals surface area contributed by atoms with Gasteiger partial charge in [0, 0.05) is 31.6 Å². The van der Waals surface area contributed by atoms with Crippen molar-refractivity contribution in [2.24, 2.45) is 11.1 Å². The molecule has 2 aromatic rings. The second-order valence-electron chi connectivity index (χ2n) is 10.3. The van der Waals surface area contributed by atoms with Crippen molar-refractivity contribution in [1.29, 1.82) is 0 Å². The van der Waals surface area contributed by atoms with Crippen LogP contribution < -0.4 is 10.6 Å². The van der Waals surface area contributed by atoms with Gasteiger partial charge in [-0.15, -0.1) is 0 Å². The summed E-state index contributed by atoms with van der Waals surface area (Å²) in [5.74, 6) is -3.81. The number of halogens is 3. The minimum absolute atomic E-state index is 0.207. The van der Waals surface area contributed by atoms with Crippen LogP contribution in [-0.4, -0.2) is 18.4 Å². The lowest BCUT2D eigenvalue weighted by Gasteiger charge is -2.49. The van der Waals surface area contributed by atoms with Crippen LogP contribution in [0.25, 0.3) is 0 Å². The smallest absolute Gasteiger partial charge is 0.249 e. The highest BCUT2D eigenvalue weighted by molar-refractivity contribution is 5.85. The van der Waals surface area contributed by atoms with E-state index in [1.54, 1.807) is 13.0 Å². The molecule has 2 aliphatic carbocycles. The van der Waals surface area contributed by atoms with E-state index < -0.39 is 23.2 Å². The number of hydrogen-bond acceptors (Lipinski definition) is 2. The predicted octanol–water partition coefficient (Wildman–Crippen LogP) is 5.58. The van der Waals surface area contributed by atoms with Gasteiger partial charge in [0.15, 0.2) is 0 Å². The Kier molecular flexibility index (Phi) is 4.84. The number of alkyl halides is 2. The molecule has 2 N–H and O–H groups in total. The largest absolute Gasteiger partial charge is 0.369 e. The summed E-state index contributed by atoms with van der Waals surface area (Å²) < 4.78 is 41.2. The summed E-state index contributed by atoms with van der Waals surface area (Å²) in [5, 5.41) is 0. The van der Waals surface area contributed by atoms with Crippen molar-refractivity contribution < 1.29 is 18.0 Å². The van der Waals surface area contributed by atoms with Gasteiger partial charge in [0.2, 0.25) is 11.8 Å². The molecule has 170 valence electrons. The van der Waals surface area contributed by atoms with Crippen molar-refractivity contribution in [3.05, 3.63) is 64.0 Å². The molecule has 0 radical (unpaired) electrons. The summed E-state index contributed by atoms with van der Waals surface area (Å²) in [4.78, 5) is 14.9. The van der Waals surface area contributed by atoms with Gasteiger partial charge in [-0.3, -0.25) is 4.79 Å². The van der Waals surface area contributed by atoms with E-state index in [2.05, 4.69) is 17.0 Å². The van der Waals surface area contributed by atoms with Crippen LogP contribution in [0.4, 0.5) is 18.9 Å². The molecule has 3 aliphatic rings. The molecule has 2 aromatic carbocycles. The molecule has 1 unspecified atom stereocenters. The standard InChI is InChI=1S/C26H29F3N2O/c1-15-9-20(31-8-7-17-10-19(27)6-5-18(17)12-31)11-21(16-3-4-16)22(15)23(24(30)32)25(2)13-26(28,29)14-25/h5-6,9-11,16,23H,3-4,7-8,12-14H2,1-2H3,(H2,30,32). The Morgan fingerprint density at radius 1 is 1.16 bits per heavy atom. The Balaban J connectivity index is 1.52. The Morgan fingerprint density at radius 2 is 1.88 bits per heavy atom. The average Bonchev–Trinajstić information content (AvgIpc) is 3.52. The molecule has 32 heavy (non-hydrogen) atoms. The fourth-order valence-electron chi connectivity index (χ4n) is 6.03. The molecular weight excluding hydrogens is 413 g/mol. The van der Waals surface area contributed by atoms with Gasteiger partial charge < -0.3 is 10.6 Å². The third-order valence-electron chi connectivity index (χ3n) is 7.56. The molecule has 0 bridgehead atoms. The van der Waals surface area contributed by atoms with Crippen LogP contribution in [0.1, 0.15) is 72.3 Å². The van der Waals surface area contributed by atoms with E-state index in [9.17, 15) is 18.0 Å². The molecule has 1 amide bonds. The molecule has 1 atom stereocenters. The zero-order valence-corrected chi connectivity index (χ0v) is 18.6. The summed E-state index contributed by atoms with van der Waals surface area (Å²) in [6.45, 7) is 5.21. The molecule has 1 heterocycles. The fourth-order valence-corrected chi connectivity index (χ4v) is 6.03. The van der Waals surface area contributed by atoms with E-state index >= 15 is 0 Å². The van der Waals surface area contributed by atoms with E-state index in [0.717, 1.165) is 59.3 Å². The quantitative estimate of drug-likeness (QED) is 0.657. The zero-order valence-electron chi connectivity index (χ0n) is 18.6. The summed E-state index contributed by atoms with van der Waals surface area (Å²) in [6.07, 6.45) is 2.23. The highest BCUT2D eigenvalue weighted by Gasteiger charge is 2.59. The Morgan fingerprint density at radius 3 is 2.50 bits per heavy atom. The van der Waals surface area contributed by atoms with Crippen molar-refractivity contribution in [3.63, 3.8) is 0 Å². The second-order valence-corrected chi connectivity index (χ2v) is 10.3. The van der Waals surface area contributed by atoms with Gasteiger partial charge in [-0.2, -0.15) is 0 Å². The van der Waals surface area contributed by atoms with Gasteiger partial charge >= 0.3 is 0 Å². The number of amides is 1. The van der Waals surface area contributed by atoms with Crippen LogP contribution in [0.2, 0.25) is 0 Å². The normalized spacial score (nSPS) is 22.1. The Hall–Kier alpha value is -2.50. The van der Waals surface area contributed by atoms with Crippen molar-refractivity contribution in [2.45, 2.75) is 70.3 Å². The highest BCUT2D eigenvalue weighted by atomic mass is 19.3. The van der Waals surface area contributed by atoms with Crippen molar-refractivity contribution >= 4 is 11.6 Å². The van der Waals surface area contributed by atoms with Crippen LogP contribution in [-0.2, 0) is 17.8 Å². The first-order chi connectivity index (χ1) is 15.1. The Labute approximate surface area is 186 Å². The van der Waals surface area contributed by atoms with Gasteiger partial charge in [-0.1, -0.05) is 13.0 Å². The van der Waals surface area contributed by atoms with E-state index in [1.165, 1.54) is 6.07 Å². The minimum atomic E-state index is -2.73. The molecule has 5 rings (SSSR count). The van der Waals surface area contributed by atoms with Gasteiger partial charge in [-0.25, -0.2) is 13.2 Å². The molecule has 1 aliphatic heterocycles. The predicted molar refractivity (Wildman–Crippen MR) is 119 cm³/mol. The van der Waals surface area contributed by atoms with Gasteiger partial charge in [0.1, 0.15) is 5.82 Å². The monoisotopic (exact) mass is 442 g/mol. The number of rotatable bonds is 5. The maximum Gasteiger partial charge on any atom is 0.249 e. The van der Waals surface area contributed by atoms with Gasteiger partial charge in [0.05, 0.1) is 5.92 Å². The van der Waals surface area contributed by atoms with Crippen molar-refractivity contribution in [2.75, 3.05) is 11.4 Å². The number of nitrogens with zero attached hydrogens (tertiary/aromatic N) is 1. The number of fused-ring (bicyclic) bond motifs is 1. The Bertz CT molecular complexity index is 1080. The van der Waals surface area contributed by atoms with Gasteiger partial charge in [-0.05, 0) is 89.6 Å². The number of primary amides is 1. The first-order valence-electron chi connectivity index (χ1n) is 11.4. The zero-order chi connectivity index (χ0) is 22.8. The van der Waals surface area contributed by atoms with E-state index in [0.29, 0.717) is 12.5 Å². The number of carbonyl (C=O) groups excluding carboxylic acids is 1. The summed E-state index contributed by atoms with van der Waals surface area (Å²) in [7, 11) is 0. The van der Waals surface area contributed by atoms with Crippen LogP contribution in [0.5, 0.6) is 0 Å². The van der Waals surface area contributed by atoms with Crippen LogP contribution in [0.15, 0.2) is 30.3 Å². The molecule has 0 aromatic heterocycles. The molecule has 2 fully saturated rings. The van der Waals surface area contributed by atoms with E-state index in [1.807, 2.05) is 13.0 Å². The fraction of sp³-hybridized carbons (Fsp3) is 0.500. The molecule has 2 saturated carbocycles. The summed E-state index contributed by atoms with van der Waals surface area (Å²) >= 11 is 0.